The van der Waals surface area contributed by atoms with Crippen molar-refractivity contribution in [1.82, 2.24) is 15.5 Å². The lowest BCUT2D eigenvalue weighted by Crippen LogP contribution is -2.49. The number of amides is 4. The van der Waals surface area contributed by atoms with E-state index in [9.17, 15) is 19.2 Å². The van der Waals surface area contributed by atoms with Gasteiger partial charge in [0.25, 0.3) is 11.8 Å². The van der Waals surface area contributed by atoms with Gasteiger partial charge in [-0.15, -0.1) is 0 Å². The molecule has 2 rings (SSSR count). The molecule has 1 aromatic rings. The Balaban J connectivity index is 1.95. The highest BCUT2D eigenvalue weighted by molar-refractivity contribution is 6.22. The van der Waals surface area contributed by atoms with Crippen molar-refractivity contribution in [2.75, 3.05) is 13.1 Å². The van der Waals surface area contributed by atoms with Crippen LogP contribution in [0.4, 0.5) is 0 Å². The molecule has 0 saturated carbocycles. The maximum atomic E-state index is 12.3. The van der Waals surface area contributed by atoms with Gasteiger partial charge in [-0.25, -0.2) is 0 Å². The van der Waals surface area contributed by atoms with E-state index in [0.717, 1.165) is 4.90 Å². The Hall–Kier alpha value is -2.70. The maximum Gasteiger partial charge on any atom is 0.262 e. The number of hydrogen-bond acceptors (Lipinski definition) is 4. The number of carbonyl (C=O) groups is 4. The molecule has 0 spiro atoms. The number of nitrogens with one attached hydrogen (secondary N) is 2. The number of hydrogen-bond donors (Lipinski definition) is 2. The molecule has 0 bridgehead atoms. The molecule has 4 amide bonds. The molecular weight excluding hydrogens is 298 g/mol. The van der Waals surface area contributed by atoms with E-state index in [2.05, 4.69) is 10.6 Å². The second-order valence-corrected chi connectivity index (χ2v) is 5.20. The fraction of sp³-hybridized carbons (Fsp3) is 0.375. The molecule has 0 fully saturated rings. The van der Waals surface area contributed by atoms with Crippen molar-refractivity contribution in [2.24, 2.45) is 0 Å². The zero-order valence-corrected chi connectivity index (χ0v) is 13.1. The van der Waals surface area contributed by atoms with Crippen molar-refractivity contribution in [1.29, 1.82) is 0 Å². The molecule has 1 heterocycles. The Labute approximate surface area is 134 Å². The monoisotopic (exact) mass is 317 g/mol. The second-order valence-electron chi connectivity index (χ2n) is 5.20. The second kappa shape index (κ2) is 7.04. The fourth-order valence-electron chi connectivity index (χ4n) is 2.34. The molecule has 2 N–H and O–H groups in total. The van der Waals surface area contributed by atoms with Crippen molar-refractivity contribution in [3.05, 3.63) is 35.4 Å². The van der Waals surface area contributed by atoms with Gasteiger partial charge in [0.15, 0.2) is 0 Å². The number of nitrogens with zero attached hydrogens (tertiary/aromatic N) is 1. The van der Waals surface area contributed by atoms with Crippen LogP contribution in [0, 0.1) is 0 Å². The van der Waals surface area contributed by atoms with E-state index < -0.39 is 23.8 Å². The first kappa shape index (κ1) is 16.7. The molecule has 0 aliphatic carbocycles. The summed E-state index contributed by atoms with van der Waals surface area (Å²) in [5.74, 6) is -1.47. The summed E-state index contributed by atoms with van der Waals surface area (Å²) in [6.07, 6.45) is 0.374. The molecule has 1 unspecified atom stereocenters. The van der Waals surface area contributed by atoms with Crippen LogP contribution in [-0.2, 0) is 9.59 Å². The molecule has 1 aliphatic heterocycles. The molecule has 1 aliphatic rings. The van der Waals surface area contributed by atoms with Crippen LogP contribution in [-0.4, -0.2) is 47.7 Å². The van der Waals surface area contributed by atoms with Crippen molar-refractivity contribution >= 4 is 23.6 Å². The predicted octanol–water partition coefficient (Wildman–Crippen LogP) is 0.314. The van der Waals surface area contributed by atoms with Crippen LogP contribution in [0.2, 0.25) is 0 Å². The number of rotatable bonds is 6. The van der Waals surface area contributed by atoms with Crippen LogP contribution in [0.5, 0.6) is 0 Å². The Morgan fingerprint density at radius 1 is 1.04 bits per heavy atom. The number of benzene rings is 1. The van der Waals surface area contributed by atoms with Crippen molar-refractivity contribution in [3.63, 3.8) is 0 Å². The van der Waals surface area contributed by atoms with Crippen LogP contribution in [0.3, 0.4) is 0 Å². The Kier molecular flexibility index (Phi) is 5.10. The molecule has 7 nitrogen and oxygen atoms in total. The third-order valence-electron chi connectivity index (χ3n) is 3.66. The van der Waals surface area contributed by atoms with Crippen LogP contribution >= 0.6 is 0 Å². The van der Waals surface area contributed by atoms with E-state index in [1.54, 1.807) is 31.2 Å². The van der Waals surface area contributed by atoms with Crippen LogP contribution in [0.15, 0.2) is 24.3 Å². The lowest BCUT2D eigenvalue weighted by molar-refractivity contribution is -0.125. The molecule has 1 aromatic carbocycles. The summed E-state index contributed by atoms with van der Waals surface area (Å²) >= 11 is 0. The smallest absolute Gasteiger partial charge is 0.262 e. The van der Waals surface area contributed by atoms with Gasteiger partial charge in [-0.1, -0.05) is 19.1 Å². The lowest BCUT2D eigenvalue weighted by Gasteiger charge is -2.21. The van der Waals surface area contributed by atoms with Crippen LogP contribution < -0.4 is 10.6 Å². The Morgan fingerprint density at radius 2 is 1.57 bits per heavy atom. The van der Waals surface area contributed by atoms with Gasteiger partial charge < -0.3 is 10.6 Å². The number of imide groups is 1. The zero-order valence-electron chi connectivity index (χ0n) is 13.1. The molecule has 1 atom stereocenters. The van der Waals surface area contributed by atoms with E-state index in [-0.39, 0.29) is 12.5 Å². The van der Waals surface area contributed by atoms with E-state index in [1.807, 2.05) is 0 Å². The largest absolute Gasteiger partial charge is 0.354 e. The number of carbonyl (C=O) groups excluding carboxylic acids is 4. The normalized spacial score (nSPS) is 14.4. The summed E-state index contributed by atoms with van der Waals surface area (Å²) in [7, 11) is 0. The summed E-state index contributed by atoms with van der Waals surface area (Å²) in [5, 5.41) is 5.23. The first-order valence-corrected chi connectivity index (χ1v) is 7.48. The standard InChI is InChI=1S/C16H19N3O4/c1-3-13(20)17-8-9-18-14(21)10(2)19-15(22)11-6-4-5-7-12(11)16(19)23/h4-7,10H,3,8-9H2,1-2H3,(H,17,20)(H,18,21). The Morgan fingerprint density at radius 3 is 2.09 bits per heavy atom. The third kappa shape index (κ3) is 3.39. The minimum Gasteiger partial charge on any atom is -0.354 e. The van der Waals surface area contributed by atoms with Gasteiger partial charge >= 0.3 is 0 Å². The highest BCUT2D eigenvalue weighted by Crippen LogP contribution is 2.24. The summed E-state index contributed by atoms with van der Waals surface area (Å²) in [4.78, 5) is 48.7. The minimum absolute atomic E-state index is 0.104. The topological polar surface area (TPSA) is 95.6 Å². The van der Waals surface area contributed by atoms with Crippen molar-refractivity contribution < 1.29 is 19.2 Å². The predicted molar refractivity (Wildman–Crippen MR) is 82.7 cm³/mol. The fourth-order valence-corrected chi connectivity index (χ4v) is 2.34. The van der Waals surface area contributed by atoms with Crippen molar-refractivity contribution in [2.45, 2.75) is 26.3 Å². The molecule has 122 valence electrons. The van der Waals surface area contributed by atoms with Gasteiger partial charge in [-0.2, -0.15) is 0 Å². The van der Waals surface area contributed by atoms with Gasteiger partial charge in [0.1, 0.15) is 6.04 Å². The first-order chi connectivity index (χ1) is 11.0. The van der Waals surface area contributed by atoms with E-state index in [1.165, 1.54) is 6.92 Å². The highest BCUT2D eigenvalue weighted by Gasteiger charge is 2.40. The maximum absolute atomic E-state index is 12.3. The van der Waals surface area contributed by atoms with E-state index in [0.29, 0.717) is 24.1 Å². The van der Waals surface area contributed by atoms with Gasteiger partial charge in [0.2, 0.25) is 11.8 Å². The Bertz CT molecular complexity index is 621. The summed E-state index contributed by atoms with van der Waals surface area (Å²) in [5.41, 5.74) is 0.625. The molecule has 7 heteroatoms. The van der Waals surface area contributed by atoms with E-state index in [4.69, 9.17) is 0 Å². The SMILES string of the molecule is CCC(=O)NCCNC(=O)C(C)N1C(=O)c2ccccc2C1=O. The van der Waals surface area contributed by atoms with Crippen LogP contribution in [0.1, 0.15) is 41.0 Å². The van der Waals surface area contributed by atoms with Gasteiger partial charge in [-0.05, 0) is 19.1 Å². The average Bonchev–Trinajstić information content (AvgIpc) is 2.82. The summed E-state index contributed by atoms with van der Waals surface area (Å²) in [6.45, 7) is 3.77. The lowest BCUT2D eigenvalue weighted by atomic mass is 10.1. The van der Waals surface area contributed by atoms with Crippen molar-refractivity contribution in [3.8, 4) is 0 Å². The molecule has 0 aromatic heterocycles. The minimum atomic E-state index is -0.913. The molecule has 23 heavy (non-hydrogen) atoms. The first-order valence-electron chi connectivity index (χ1n) is 7.48. The molecule has 0 saturated heterocycles. The molecular formula is C16H19N3O4. The van der Waals surface area contributed by atoms with E-state index >= 15 is 0 Å². The summed E-state index contributed by atoms with van der Waals surface area (Å²) in [6, 6.07) is 5.58. The van der Waals surface area contributed by atoms with Crippen LogP contribution in [0.25, 0.3) is 0 Å². The quantitative estimate of drug-likeness (QED) is 0.583. The van der Waals surface area contributed by atoms with Gasteiger partial charge in [0.05, 0.1) is 11.1 Å². The third-order valence-corrected chi connectivity index (χ3v) is 3.66. The van der Waals surface area contributed by atoms with Gasteiger partial charge in [0, 0.05) is 19.5 Å². The molecule has 0 radical (unpaired) electrons. The number of fused-ring (bicyclic) bond motifs is 1. The summed E-state index contributed by atoms with van der Waals surface area (Å²) < 4.78 is 0. The van der Waals surface area contributed by atoms with Gasteiger partial charge in [-0.3, -0.25) is 24.1 Å². The average molecular weight is 317 g/mol. The highest BCUT2D eigenvalue weighted by atomic mass is 16.2. The zero-order chi connectivity index (χ0) is 17.0.